The second-order valence-corrected chi connectivity index (χ2v) is 5.33. The molecule has 0 saturated heterocycles. The highest BCUT2D eigenvalue weighted by Gasteiger charge is 2.30. The Morgan fingerprint density at radius 1 is 1.28 bits per heavy atom. The Bertz CT molecular complexity index is 388. The predicted octanol–water partition coefficient (Wildman–Crippen LogP) is -0.318. The molecule has 1 saturated carbocycles. The van der Waals surface area contributed by atoms with Crippen LogP contribution in [-0.2, 0) is 11.3 Å². The summed E-state index contributed by atoms with van der Waals surface area (Å²) in [5.41, 5.74) is 1.29. The van der Waals surface area contributed by atoms with Crippen LogP contribution >= 0.6 is 0 Å². The van der Waals surface area contributed by atoms with Crippen molar-refractivity contribution in [2.24, 2.45) is 11.8 Å². The third-order valence-corrected chi connectivity index (χ3v) is 3.93. The van der Waals surface area contributed by atoms with Crippen molar-refractivity contribution in [1.82, 2.24) is 0 Å². The molecule has 3 heteroatoms. The number of nitrogens with zero attached hydrogens (tertiary/aromatic N) is 1. The number of carbonyl (C=O) groups is 1. The lowest BCUT2D eigenvalue weighted by Gasteiger charge is -2.27. The average molecular weight is 312 g/mol. The van der Waals surface area contributed by atoms with E-state index in [2.05, 4.69) is 36.0 Å². The first-order valence-electron chi connectivity index (χ1n) is 6.63. The molecule has 0 N–H and O–H groups in total. The Balaban J connectivity index is 0.00000162. The summed E-state index contributed by atoms with van der Waals surface area (Å²) < 4.78 is 2.22. The Kier molecular flexibility index (Phi) is 6.00. The molecule has 1 aromatic rings. The molecule has 0 aliphatic heterocycles. The highest BCUT2D eigenvalue weighted by atomic mass is 79.9. The zero-order valence-electron chi connectivity index (χ0n) is 11.2. The summed E-state index contributed by atoms with van der Waals surface area (Å²) in [4.78, 5) is 11.6. The first-order chi connectivity index (χ1) is 8.16. The van der Waals surface area contributed by atoms with Gasteiger partial charge < -0.3 is 17.0 Å². The van der Waals surface area contributed by atoms with Crippen LogP contribution in [0.4, 0.5) is 0 Å². The van der Waals surface area contributed by atoms with E-state index in [-0.39, 0.29) is 22.9 Å². The smallest absolute Gasteiger partial charge is 0.169 e. The first kappa shape index (κ1) is 15.4. The van der Waals surface area contributed by atoms with Gasteiger partial charge in [-0.1, -0.05) is 12.8 Å². The summed E-state index contributed by atoms with van der Waals surface area (Å²) >= 11 is 0. The number of rotatable bonds is 3. The molecule has 0 amide bonds. The van der Waals surface area contributed by atoms with Crippen LogP contribution < -0.4 is 21.5 Å². The minimum Gasteiger partial charge on any atom is -1.00 e. The maximum atomic E-state index is 11.6. The number of hydrogen-bond donors (Lipinski definition) is 0. The van der Waals surface area contributed by atoms with Crippen molar-refractivity contribution < 1.29 is 26.3 Å². The second-order valence-electron chi connectivity index (χ2n) is 5.33. The van der Waals surface area contributed by atoms with E-state index in [1.165, 1.54) is 24.8 Å². The lowest BCUT2D eigenvalue weighted by atomic mass is 9.77. The fourth-order valence-corrected chi connectivity index (χ4v) is 2.89. The number of ketones is 1. The molecule has 0 bridgehead atoms. The largest absolute Gasteiger partial charge is 1.00 e. The first-order valence-corrected chi connectivity index (χ1v) is 6.63. The van der Waals surface area contributed by atoms with Crippen LogP contribution in [0.3, 0.4) is 0 Å². The van der Waals surface area contributed by atoms with Gasteiger partial charge in [0.1, 0.15) is 5.78 Å². The van der Waals surface area contributed by atoms with Crippen LogP contribution in [0.5, 0.6) is 0 Å². The quantitative estimate of drug-likeness (QED) is 0.701. The summed E-state index contributed by atoms with van der Waals surface area (Å²) in [7, 11) is 0. The molecule has 1 aromatic heterocycles. The molecule has 2 rings (SSSR count). The monoisotopic (exact) mass is 311 g/mol. The van der Waals surface area contributed by atoms with E-state index in [1.807, 2.05) is 0 Å². The van der Waals surface area contributed by atoms with Crippen LogP contribution in [-0.4, -0.2) is 5.78 Å². The molecule has 2 nitrogen and oxygen atoms in total. The fraction of sp³-hybridized carbons (Fsp3) is 0.600. The van der Waals surface area contributed by atoms with Gasteiger partial charge in [0.2, 0.25) is 0 Å². The van der Waals surface area contributed by atoms with Crippen molar-refractivity contribution in [3.63, 3.8) is 0 Å². The molecule has 1 heterocycles. The maximum absolute atomic E-state index is 11.6. The highest BCUT2D eigenvalue weighted by Crippen LogP contribution is 2.30. The van der Waals surface area contributed by atoms with Crippen molar-refractivity contribution in [3.05, 3.63) is 30.1 Å². The standard InChI is InChI=1S/C15H22NO.BrH/c1-12-7-9-16(10-8-12)11-14-5-3-4-6-15(14)13(2)17;/h7-10,14-15H,3-6,11H2,1-2H3;1H/q+1;/p-1/t14-,15-;/m1./s1. The molecule has 0 unspecified atom stereocenters. The van der Waals surface area contributed by atoms with Crippen molar-refractivity contribution >= 4 is 5.78 Å². The molecule has 0 radical (unpaired) electrons. The summed E-state index contributed by atoms with van der Waals surface area (Å²) in [6.07, 6.45) is 9.04. The minimum atomic E-state index is 0. The van der Waals surface area contributed by atoms with E-state index in [1.54, 1.807) is 6.92 Å². The summed E-state index contributed by atoms with van der Waals surface area (Å²) in [5, 5.41) is 0. The molecule has 1 aliphatic carbocycles. The average Bonchev–Trinajstić information content (AvgIpc) is 2.32. The number of pyridine rings is 1. The van der Waals surface area contributed by atoms with Crippen LogP contribution in [0.25, 0.3) is 0 Å². The Morgan fingerprint density at radius 3 is 2.50 bits per heavy atom. The zero-order valence-corrected chi connectivity index (χ0v) is 12.8. The van der Waals surface area contributed by atoms with Gasteiger partial charge in [-0.2, -0.15) is 0 Å². The number of hydrogen-bond acceptors (Lipinski definition) is 1. The van der Waals surface area contributed by atoms with E-state index >= 15 is 0 Å². The lowest BCUT2D eigenvalue weighted by molar-refractivity contribution is -0.704. The van der Waals surface area contributed by atoms with Crippen LogP contribution in [0.15, 0.2) is 24.5 Å². The van der Waals surface area contributed by atoms with Gasteiger partial charge in [-0.3, -0.25) is 4.79 Å². The van der Waals surface area contributed by atoms with Gasteiger partial charge in [-0.15, -0.1) is 0 Å². The van der Waals surface area contributed by atoms with E-state index in [0.29, 0.717) is 11.7 Å². The van der Waals surface area contributed by atoms with Gasteiger partial charge in [0.05, 0.1) is 0 Å². The van der Waals surface area contributed by atoms with Crippen LogP contribution in [0.2, 0.25) is 0 Å². The van der Waals surface area contributed by atoms with Gasteiger partial charge in [-0.25, -0.2) is 4.57 Å². The van der Waals surface area contributed by atoms with Crippen LogP contribution in [0, 0.1) is 18.8 Å². The van der Waals surface area contributed by atoms with E-state index in [0.717, 1.165) is 13.0 Å². The van der Waals surface area contributed by atoms with Crippen molar-refractivity contribution in [3.8, 4) is 0 Å². The molecule has 100 valence electrons. The summed E-state index contributed by atoms with van der Waals surface area (Å²) in [6, 6.07) is 4.26. The molecule has 1 fully saturated rings. The third-order valence-electron chi connectivity index (χ3n) is 3.93. The SMILES string of the molecule is CC(=O)[C@H]1CCCC[C@@H]1C[n+]1ccc(C)cc1.[Br-]. The number of halogens is 1. The number of carbonyl (C=O) groups excluding carboxylic acids is 1. The van der Waals surface area contributed by atoms with Gasteiger partial charge in [0, 0.05) is 24.0 Å². The molecule has 0 spiro atoms. The van der Waals surface area contributed by atoms with Crippen molar-refractivity contribution in [2.75, 3.05) is 0 Å². The molecular weight excluding hydrogens is 290 g/mol. The summed E-state index contributed by atoms with van der Waals surface area (Å²) in [5.74, 6) is 1.20. The lowest BCUT2D eigenvalue weighted by Crippen LogP contribution is -3.00. The van der Waals surface area contributed by atoms with Crippen LogP contribution in [0.1, 0.15) is 38.2 Å². The Hall–Kier alpha value is -0.700. The predicted molar refractivity (Wildman–Crippen MR) is 67.5 cm³/mol. The Morgan fingerprint density at radius 2 is 1.89 bits per heavy atom. The molecule has 0 aromatic carbocycles. The normalized spacial score (nSPS) is 23.2. The number of Topliss-reactive ketones (excluding diaryl/α,β-unsaturated/α-hetero) is 1. The molecule has 2 atom stereocenters. The topological polar surface area (TPSA) is 20.9 Å². The number of aromatic nitrogens is 1. The summed E-state index contributed by atoms with van der Waals surface area (Å²) in [6.45, 7) is 4.84. The van der Waals surface area contributed by atoms with Gasteiger partial charge in [-0.05, 0) is 32.3 Å². The van der Waals surface area contributed by atoms with Crippen molar-refractivity contribution in [1.29, 1.82) is 0 Å². The fourth-order valence-electron chi connectivity index (χ4n) is 2.89. The van der Waals surface area contributed by atoms with Gasteiger partial charge in [0.25, 0.3) is 0 Å². The van der Waals surface area contributed by atoms with E-state index < -0.39 is 0 Å². The third kappa shape index (κ3) is 3.91. The van der Waals surface area contributed by atoms with E-state index in [9.17, 15) is 4.79 Å². The van der Waals surface area contributed by atoms with Crippen molar-refractivity contribution in [2.45, 2.75) is 46.1 Å². The van der Waals surface area contributed by atoms with Gasteiger partial charge in [0.15, 0.2) is 18.9 Å². The maximum Gasteiger partial charge on any atom is 0.169 e. The Labute approximate surface area is 120 Å². The molecule has 1 aliphatic rings. The van der Waals surface area contributed by atoms with E-state index in [4.69, 9.17) is 0 Å². The second kappa shape index (κ2) is 7.03. The highest BCUT2D eigenvalue weighted by molar-refractivity contribution is 5.78. The molecular formula is C15H22BrNO. The minimum absolute atomic E-state index is 0. The van der Waals surface area contributed by atoms with Gasteiger partial charge >= 0.3 is 0 Å². The number of aryl methyl sites for hydroxylation is 1. The zero-order chi connectivity index (χ0) is 12.3. The molecule has 18 heavy (non-hydrogen) atoms.